The quantitative estimate of drug-likeness (QED) is 0.832. The highest BCUT2D eigenvalue weighted by molar-refractivity contribution is 5.87. The van der Waals surface area contributed by atoms with Crippen molar-refractivity contribution < 1.29 is 14.7 Å². The zero-order valence-electron chi connectivity index (χ0n) is 14.4. The minimum atomic E-state index is -1.10. The van der Waals surface area contributed by atoms with Crippen molar-refractivity contribution in [2.24, 2.45) is 0 Å². The van der Waals surface area contributed by atoms with Gasteiger partial charge >= 0.3 is 5.97 Å². The fourth-order valence-corrected chi connectivity index (χ4v) is 2.59. The van der Waals surface area contributed by atoms with Gasteiger partial charge in [-0.05, 0) is 33.8 Å². The molecule has 24 heavy (non-hydrogen) atoms. The van der Waals surface area contributed by atoms with Crippen LogP contribution in [0.25, 0.3) is 0 Å². The molecule has 0 fully saturated rings. The van der Waals surface area contributed by atoms with Crippen LogP contribution in [0.15, 0.2) is 18.5 Å². The van der Waals surface area contributed by atoms with Gasteiger partial charge in [-0.3, -0.25) is 9.48 Å². The Labute approximate surface area is 140 Å². The van der Waals surface area contributed by atoms with Gasteiger partial charge in [-0.2, -0.15) is 10.2 Å². The van der Waals surface area contributed by atoms with Gasteiger partial charge in [0.25, 0.3) is 0 Å². The normalized spacial score (nSPS) is 12.2. The van der Waals surface area contributed by atoms with Crippen molar-refractivity contribution in [2.75, 3.05) is 6.54 Å². The number of carboxylic acids is 1. The Kier molecular flexibility index (Phi) is 5.38. The molecular weight excluding hydrogens is 310 g/mol. The molecule has 1 amide bonds. The molecular formula is C16H23N5O3. The van der Waals surface area contributed by atoms with Crippen LogP contribution in [0.5, 0.6) is 0 Å². The van der Waals surface area contributed by atoms with Crippen LogP contribution in [-0.2, 0) is 17.9 Å². The standard InChI is InChI=1S/C16H23N5O3/c1-5-19(9-13-10-20(6-2)18-11(13)3)15(22)12(4)21-14(16(23)24)7-8-17-21/h7-8,10,12H,5-6,9H2,1-4H3,(H,23,24). The number of carbonyl (C=O) groups excluding carboxylic acids is 1. The summed E-state index contributed by atoms with van der Waals surface area (Å²) in [4.78, 5) is 25.7. The minimum Gasteiger partial charge on any atom is -0.477 e. The Bertz CT molecular complexity index is 734. The fraction of sp³-hybridized carbons (Fsp3) is 0.500. The third-order valence-electron chi connectivity index (χ3n) is 4.04. The maximum absolute atomic E-state index is 12.8. The molecule has 0 bridgehead atoms. The van der Waals surface area contributed by atoms with Gasteiger partial charge < -0.3 is 10.0 Å². The largest absolute Gasteiger partial charge is 0.477 e. The predicted molar refractivity (Wildman–Crippen MR) is 87.6 cm³/mol. The molecule has 0 spiro atoms. The van der Waals surface area contributed by atoms with E-state index in [-0.39, 0.29) is 11.6 Å². The second-order valence-electron chi connectivity index (χ2n) is 5.59. The van der Waals surface area contributed by atoms with E-state index in [0.717, 1.165) is 17.8 Å². The molecule has 0 saturated heterocycles. The number of carbonyl (C=O) groups is 2. The van der Waals surface area contributed by atoms with Gasteiger partial charge in [0.2, 0.25) is 5.91 Å². The summed E-state index contributed by atoms with van der Waals surface area (Å²) >= 11 is 0. The van der Waals surface area contributed by atoms with E-state index in [1.165, 1.54) is 16.9 Å². The lowest BCUT2D eigenvalue weighted by Gasteiger charge is -2.25. The first kappa shape index (κ1) is 17.7. The first-order chi connectivity index (χ1) is 11.4. The molecule has 8 nitrogen and oxygen atoms in total. The summed E-state index contributed by atoms with van der Waals surface area (Å²) in [6.07, 6.45) is 3.32. The van der Waals surface area contributed by atoms with Crippen LogP contribution in [0.3, 0.4) is 0 Å². The van der Waals surface area contributed by atoms with Gasteiger partial charge in [0.15, 0.2) is 0 Å². The Morgan fingerprint density at radius 1 is 1.38 bits per heavy atom. The lowest BCUT2D eigenvalue weighted by molar-refractivity contribution is -0.135. The first-order valence-electron chi connectivity index (χ1n) is 7.97. The minimum absolute atomic E-state index is 0.00175. The highest BCUT2D eigenvalue weighted by atomic mass is 16.4. The lowest BCUT2D eigenvalue weighted by atomic mass is 10.2. The Hall–Kier alpha value is -2.64. The molecule has 0 aliphatic carbocycles. The van der Waals surface area contributed by atoms with Gasteiger partial charge in [-0.25, -0.2) is 9.48 Å². The van der Waals surface area contributed by atoms with Crippen molar-refractivity contribution in [2.45, 2.75) is 46.8 Å². The van der Waals surface area contributed by atoms with Crippen LogP contribution in [0.4, 0.5) is 0 Å². The number of hydrogen-bond donors (Lipinski definition) is 1. The van der Waals surface area contributed by atoms with Gasteiger partial charge in [0.1, 0.15) is 11.7 Å². The van der Waals surface area contributed by atoms with E-state index in [9.17, 15) is 14.7 Å². The summed E-state index contributed by atoms with van der Waals surface area (Å²) in [5.41, 5.74) is 1.88. The van der Waals surface area contributed by atoms with Crippen molar-refractivity contribution >= 4 is 11.9 Å². The summed E-state index contributed by atoms with van der Waals surface area (Å²) in [5.74, 6) is -1.28. The molecule has 1 N–H and O–H groups in total. The van der Waals surface area contributed by atoms with E-state index in [4.69, 9.17) is 0 Å². The van der Waals surface area contributed by atoms with E-state index in [2.05, 4.69) is 10.2 Å². The number of carboxylic acid groups (broad SMARTS) is 1. The summed E-state index contributed by atoms with van der Waals surface area (Å²) in [6, 6.07) is 0.699. The molecule has 0 saturated carbocycles. The average molecular weight is 333 g/mol. The van der Waals surface area contributed by atoms with Crippen LogP contribution in [0, 0.1) is 6.92 Å². The van der Waals surface area contributed by atoms with Crippen LogP contribution in [0.1, 0.15) is 48.6 Å². The number of aromatic nitrogens is 4. The molecule has 0 radical (unpaired) electrons. The smallest absolute Gasteiger partial charge is 0.354 e. The summed E-state index contributed by atoms with van der Waals surface area (Å²) in [7, 11) is 0. The summed E-state index contributed by atoms with van der Waals surface area (Å²) in [6.45, 7) is 9.20. The zero-order valence-corrected chi connectivity index (χ0v) is 14.4. The number of rotatable bonds is 7. The number of hydrogen-bond acceptors (Lipinski definition) is 4. The molecule has 2 heterocycles. The highest BCUT2D eigenvalue weighted by Gasteiger charge is 2.25. The van der Waals surface area contributed by atoms with E-state index in [0.29, 0.717) is 13.1 Å². The molecule has 2 aromatic rings. The van der Waals surface area contributed by atoms with Gasteiger partial charge in [0, 0.05) is 37.6 Å². The molecule has 1 atom stereocenters. The predicted octanol–water partition coefficient (Wildman–Crippen LogP) is 1.72. The van der Waals surface area contributed by atoms with Crippen molar-refractivity contribution in [1.29, 1.82) is 0 Å². The Balaban J connectivity index is 2.20. The fourth-order valence-electron chi connectivity index (χ4n) is 2.59. The average Bonchev–Trinajstić information content (AvgIpc) is 3.18. The number of aromatic carboxylic acids is 1. The first-order valence-corrected chi connectivity index (χ1v) is 7.97. The maximum atomic E-state index is 12.8. The van der Waals surface area contributed by atoms with Crippen molar-refractivity contribution in [1.82, 2.24) is 24.5 Å². The van der Waals surface area contributed by atoms with E-state index in [1.54, 1.807) is 11.8 Å². The lowest BCUT2D eigenvalue weighted by Crippen LogP contribution is -2.37. The topological polar surface area (TPSA) is 93.3 Å². The van der Waals surface area contributed by atoms with Crippen LogP contribution in [0.2, 0.25) is 0 Å². The van der Waals surface area contributed by atoms with Gasteiger partial charge in [-0.1, -0.05) is 0 Å². The van der Waals surface area contributed by atoms with Crippen molar-refractivity contribution in [3.05, 3.63) is 35.4 Å². The van der Waals surface area contributed by atoms with Crippen molar-refractivity contribution in [3.63, 3.8) is 0 Å². The molecule has 2 aromatic heterocycles. The van der Waals surface area contributed by atoms with Crippen LogP contribution >= 0.6 is 0 Å². The highest BCUT2D eigenvalue weighted by Crippen LogP contribution is 2.16. The molecule has 0 aliphatic heterocycles. The third-order valence-corrected chi connectivity index (χ3v) is 4.04. The summed E-state index contributed by atoms with van der Waals surface area (Å²) < 4.78 is 3.08. The number of likely N-dealkylation sites (N-methyl/N-ethyl adjacent to an activating group) is 1. The molecule has 2 rings (SSSR count). The molecule has 130 valence electrons. The summed E-state index contributed by atoms with van der Waals surface area (Å²) in [5, 5.41) is 17.6. The second kappa shape index (κ2) is 7.29. The van der Waals surface area contributed by atoms with Gasteiger partial charge in [-0.15, -0.1) is 0 Å². The number of aryl methyl sites for hydroxylation is 2. The van der Waals surface area contributed by atoms with E-state index < -0.39 is 12.0 Å². The Morgan fingerprint density at radius 2 is 2.08 bits per heavy atom. The molecule has 8 heteroatoms. The third kappa shape index (κ3) is 3.47. The Morgan fingerprint density at radius 3 is 2.62 bits per heavy atom. The molecule has 0 aliphatic rings. The van der Waals surface area contributed by atoms with E-state index in [1.807, 2.05) is 31.6 Å². The number of nitrogens with zero attached hydrogens (tertiary/aromatic N) is 5. The number of amides is 1. The van der Waals surface area contributed by atoms with E-state index >= 15 is 0 Å². The monoisotopic (exact) mass is 333 g/mol. The second-order valence-corrected chi connectivity index (χ2v) is 5.59. The van der Waals surface area contributed by atoms with Crippen LogP contribution in [-0.4, -0.2) is 48.0 Å². The van der Waals surface area contributed by atoms with Crippen LogP contribution < -0.4 is 0 Å². The molecule has 0 aromatic carbocycles. The molecule has 1 unspecified atom stereocenters. The van der Waals surface area contributed by atoms with Gasteiger partial charge in [0.05, 0.1) is 5.69 Å². The maximum Gasteiger partial charge on any atom is 0.354 e. The zero-order chi connectivity index (χ0) is 17.9. The SMILES string of the molecule is CCN(Cc1cn(CC)nc1C)C(=O)C(C)n1nccc1C(=O)O. The van der Waals surface area contributed by atoms with Crippen molar-refractivity contribution in [3.8, 4) is 0 Å².